The van der Waals surface area contributed by atoms with Gasteiger partial charge < -0.3 is 5.32 Å². The summed E-state index contributed by atoms with van der Waals surface area (Å²) in [7, 11) is 1.78. The van der Waals surface area contributed by atoms with E-state index in [0.29, 0.717) is 17.8 Å². The molecular formula is C13H24N4O2. The Balaban J connectivity index is 3.02. The fourth-order valence-electron chi connectivity index (χ4n) is 2.14. The molecule has 1 atom stereocenters. The first-order valence-electron chi connectivity index (χ1n) is 6.82. The van der Waals surface area contributed by atoms with E-state index in [0.717, 1.165) is 13.0 Å². The lowest BCUT2D eigenvalue weighted by molar-refractivity contribution is -0.386. The highest BCUT2D eigenvalue weighted by Gasteiger charge is 2.28. The van der Waals surface area contributed by atoms with E-state index in [4.69, 9.17) is 0 Å². The minimum atomic E-state index is -0.301. The van der Waals surface area contributed by atoms with Crippen molar-refractivity contribution in [2.45, 2.75) is 52.5 Å². The predicted octanol–water partition coefficient (Wildman–Crippen LogP) is 2.38. The molecule has 0 saturated carbocycles. The van der Waals surface area contributed by atoms with E-state index < -0.39 is 0 Å². The van der Waals surface area contributed by atoms with Gasteiger partial charge in [-0.25, -0.2) is 0 Å². The molecule has 0 aliphatic carbocycles. The highest BCUT2D eigenvalue weighted by Crippen LogP contribution is 2.29. The minimum absolute atomic E-state index is 0.0549. The number of nitrogens with one attached hydrogen (secondary N) is 1. The summed E-state index contributed by atoms with van der Waals surface area (Å²) < 4.78 is 1.65. The summed E-state index contributed by atoms with van der Waals surface area (Å²) in [6, 6.07) is 0.203. The first-order valence-corrected chi connectivity index (χ1v) is 6.82. The molecule has 1 aromatic rings. The van der Waals surface area contributed by atoms with Crippen LogP contribution in [0.25, 0.3) is 0 Å². The first kappa shape index (κ1) is 15.6. The third-order valence-corrected chi connectivity index (χ3v) is 3.14. The zero-order valence-electron chi connectivity index (χ0n) is 12.4. The van der Waals surface area contributed by atoms with Crippen molar-refractivity contribution in [1.29, 1.82) is 0 Å². The molecule has 0 saturated heterocycles. The van der Waals surface area contributed by atoms with Crippen LogP contribution in [0.2, 0.25) is 0 Å². The van der Waals surface area contributed by atoms with Crippen molar-refractivity contribution >= 4 is 5.69 Å². The van der Waals surface area contributed by atoms with Gasteiger partial charge in [-0.05, 0) is 19.9 Å². The van der Waals surface area contributed by atoms with Crippen LogP contribution in [0.3, 0.4) is 0 Å². The molecule has 0 bridgehead atoms. The lowest BCUT2D eigenvalue weighted by Crippen LogP contribution is -2.29. The smallest absolute Gasteiger partial charge is 0.313 e. The summed E-state index contributed by atoms with van der Waals surface area (Å²) in [5, 5.41) is 18.9. The van der Waals surface area contributed by atoms with E-state index in [-0.39, 0.29) is 22.6 Å². The Morgan fingerprint density at radius 3 is 2.53 bits per heavy atom. The second-order valence-corrected chi connectivity index (χ2v) is 5.28. The lowest BCUT2D eigenvalue weighted by atomic mass is 10.1. The van der Waals surface area contributed by atoms with Gasteiger partial charge in [-0.1, -0.05) is 20.8 Å². The summed E-state index contributed by atoms with van der Waals surface area (Å²) in [6.07, 6.45) is 1.67. The van der Waals surface area contributed by atoms with E-state index >= 15 is 0 Å². The molecule has 1 unspecified atom stereocenters. The highest BCUT2D eigenvalue weighted by atomic mass is 16.6. The van der Waals surface area contributed by atoms with E-state index in [1.165, 1.54) is 0 Å². The third-order valence-electron chi connectivity index (χ3n) is 3.14. The number of nitro groups is 1. The Bertz CT molecular complexity index is 440. The van der Waals surface area contributed by atoms with E-state index in [1.807, 2.05) is 20.8 Å². The van der Waals surface area contributed by atoms with Gasteiger partial charge in [-0.15, -0.1) is 0 Å². The van der Waals surface area contributed by atoms with Crippen LogP contribution in [0.15, 0.2) is 0 Å². The van der Waals surface area contributed by atoms with Crippen LogP contribution in [-0.2, 0) is 13.5 Å². The number of nitrogens with zero attached hydrogens (tertiary/aromatic N) is 3. The molecule has 108 valence electrons. The minimum Gasteiger partial charge on any atom is -0.314 e. The zero-order valence-corrected chi connectivity index (χ0v) is 12.4. The molecule has 0 radical (unpaired) electrons. The molecule has 0 aliphatic rings. The van der Waals surface area contributed by atoms with Crippen LogP contribution in [0.4, 0.5) is 5.69 Å². The van der Waals surface area contributed by atoms with Gasteiger partial charge in [0, 0.05) is 25.4 Å². The second-order valence-electron chi connectivity index (χ2n) is 5.28. The Morgan fingerprint density at radius 2 is 2.05 bits per heavy atom. The standard InChI is InChI=1S/C13H24N4O2/c1-6-7-14-10(4)8-11-13(17(18)19)12(9(2)3)15-16(11)5/h9-10,14H,6-8H2,1-5H3. The summed E-state index contributed by atoms with van der Waals surface area (Å²) in [4.78, 5) is 11.0. The number of rotatable bonds is 7. The van der Waals surface area contributed by atoms with Crippen LogP contribution in [0.1, 0.15) is 51.4 Å². The van der Waals surface area contributed by atoms with Crippen LogP contribution < -0.4 is 5.32 Å². The molecule has 19 heavy (non-hydrogen) atoms. The molecule has 1 N–H and O–H groups in total. The van der Waals surface area contributed by atoms with Crippen molar-refractivity contribution in [3.63, 3.8) is 0 Å². The first-order chi connectivity index (χ1) is 8.88. The maximum atomic E-state index is 11.3. The van der Waals surface area contributed by atoms with Gasteiger partial charge in [0.05, 0.1) is 4.92 Å². The lowest BCUT2D eigenvalue weighted by Gasteiger charge is -2.12. The Labute approximate surface area is 114 Å². The number of hydrogen-bond acceptors (Lipinski definition) is 4. The topological polar surface area (TPSA) is 73.0 Å². The molecule has 1 aromatic heterocycles. The largest absolute Gasteiger partial charge is 0.314 e. The summed E-state index contributed by atoms with van der Waals surface area (Å²) in [5.41, 5.74) is 1.46. The predicted molar refractivity (Wildman–Crippen MR) is 75.4 cm³/mol. The maximum absolute atomic E-state index is 11.3. The van der Waals surface area contributed by atoms with Crippen LogP contribution in [-0.4, -0.2) is 27.3 Å². The fraction of sp³-hybridized carbons (Fsp3) is 0.769. The maximum Gasteiger partial charge on any atom is 0.313 e. The van der Waals surface area contributed by atoms with Crippen molar-refractivity contribution in [2.24, 2.45) is 7.05 Å². The van der Waals surface area contributed by atoms with Gasteiger partial charge in [0.25, 0.3) is 0 Å². The van der Waals surface area contributed by atoms with Gasteiger partial charge in [0.1, 0.15) is 11.4 Å². The SMILES string of the molecule is CCCNC(C)Cc1c([N+](=O)[O-])c(C(C)C)nn1C. The molecule has 1 heterocycles. The van der Waals surface area contributed by atoms with E-state index in [2.05, 4.69) is 17.3 Å². The van der Waals surface area contributed by atoms with Crippen LogP contribution >= 0.6 is 0 Å². The Hall–Kier alpha value is -1.43. The zero-order chi connectivity index (χ0) is 14.6. The molecule has 0 amide bonds. The summed E-state index contributed by atoms with van der Waals surface area (Å²) in [5.74, 6) is 0.0549. The molecule has 0 aromatic carbocycles. The Kier molecular flexibility index (Phi) is 5.47. The summed E-state index contributed by atoms with van der Waals surface area (Å²) >= 11 is 0. The third kappa shape index (κ3) is 3.76. The van der Waals surface area contributed by atoms with E-state index in [9.17, 15) is 10.1 Å². The van der Waals surface area contributed by atoms with Gasteiger partial charge in [-0.2, -0.15) is 5.10 Å². The Morgan fingerprint density at radius 1 is 1.42 bits per heavy atom. The average molecular weight is 268 g/mol. The fourth-order valence-corrected chi connectivity index (χ4v) is 2.14. The van der Waals surface area contributed by atoms with Crippen molar-refractivity contribution in [3.8, 4) is 0 Å². The summed E-state index contributed by atoms with van der Waals surface area (Å²) in [6.45, 7) is 8.92. The number of hydrogen-bond donors (Lipinski definition) is 1. The number of aromatic nitrogens is 2. The van der Waals surface area contributed by atoms with Crippen LogP contribution in [0.5, 0.6) is 0 Å². The molecule has 0 spiro atoms. The van der Waals surface area contributed by atoms with Gasteiger partial charge in [0.2, 0.25) is 0 Å². The van der Waals surface area contributed by atoms with Crippen molar-refractivity contribution in [3.05, 3.63) is 21.5 Å². The molecule has 6 nitrogen and oxygen atoms in total. The molecule has 1 rings (SSSR count). The van der Waals surface area contributed by atoms with Gasteiger partial charge in [-0.3, -0.25) is 14.8 Å². The molecule has 0 aliphatic heterocycles. The quantitative estimate of drug-likeness (QED) is 0.608. The van der Waals surface area contributed by atoms with Crippen LogP contribution in [0, 0.1) is 10.1 Å². The molecule has 0 fully saturated rings. The number of aryl methyl sites for hydroxylation is 1. The molecular weight excluding hydrogens is 244 g/mol. The van der Waals surface area contributed by atoms with Crippen molar-refractivity contribution in [1.82, 2.24) is 15.1 Å². The van der Waals surface area contributed by atoms with Gasteiger partial charge in [0.15, 0.2) is 0 Å². The monoisotopic (exact) mass is 268 g/mol. The van der Waals surface area contributed by atoms with E-state index in [1.54, 1.807) is 11.7 Å². The highest BCUT2D eigenvalue weighted by molar-refractivity contribution is 5.43. The normalized spacial score (nSPS) is 12.9. The average Bonchev–Trinajstić information content (AvgIpc) is 2.64. The van der Waals surface area contributed by atoms with Gasteiger partial charge >= 0.3 is 5.69 Å². The van der Waals surface area contributed by atoms with Crippen molar-refractivity contribution < 1.29 is 4.92 Å². The second kappa shape index (κ2) is 6.65. The van der Waals surface area contributed by atoms with Crippen molar-refractivity contribution in [2.75, 3.05) is 6.54 Å². The molecule has 6 heteroatoms.